The molecule has 1 aliphatic heterocycles. The van der Waals surface area contributed by atoms with Crippen molar-refractivity contribution in [2.45, 2.75) is 32.1 Å². The van der Waals surface area contributed by atoms with Gasteiger partial charge >= 0.3 is 5.69 Å². The van der Waals surface area contributed by atoms with Crippen molar-refractivity contribution >= 4 is 16.9 Å². The lowest BCUT2D eigenvalue weighted by atomic mass is 9.75. The van der Waals surface area contributed by atoms with Crippen LogP contribution in [0.3, 0.4) is 0 Å². The summed E-state index contributed by atoms with van der Waals surface area (Å²) in [5.74, 6) is 1.27. The van der Waals surface area contributed by atoms with E-state index in [2.05, 4.69) is 15.0 Å². The first-order valence-corrected chi connectivity index (χ1v) is 8.53. The van der Waals surface area contributed by atoms with Crippen molar-refractivity contribution in [1.29, 1.82) is 0 Å². The lowest BCUT2D eigenvalue weighted by molar-refractivity contribution is 0.0520. The van der Waals surface area contributed by atoms with E-state index in [4.69, 9.17) is 0 Å². The van der Waals surface area contributed by atoms with Crippen LogP contribution in [0.15, 0.2) is 21.9 Å². The first-order chi connectivity index (χ1) is 11.6. The van der Waals surface area contributed by atoms with Crippen LogP contribution in [-0.2, 0) is 0 Å². The molecule has 0 spiro atoms. The third-order valence-corrected chi connectivity index (χ3v) is 5.42. The number of hydrogen-bond acceptors (Lipinski definition) is 4. The van der Waals surface area contributed by atoms with Crippen LogP contribution in [0.25, 0.3) is 11.0 Å². The van der Waals surface area contributed by atoms with E-state index in [1.54, 1.807) is 0 Å². The molecule has 2 atom stereocenters. The van der Waals surface area contributed by atoms with Gasteiger partial charge < -0.3 is 4.90 Å². The number of fused-ring (bicyclic) bond motifs is 2. The van der Waals surface area contributed by atoms with Gasteiger partial charge in [0.1, 0.15) is 5.65 Å². The molecule has 0 aromatic carbocycles. The Hall–Kier alpha value is -2.44. The Balaban J connectivity index is 1.61. The van der Waals surface area contributed by atoms with Crippen molar-refractivity contribution in [3.8, 4) is 0 Å². The van der Waals surface area contributed by atoms with Crippen molar-refractivity contribution in [3.63, 3.8) is 0 Å². The summed E-state index contributed by atoms with van der Waals surface area (Å²) in [5, 5.41) is 0.230. The molecule has 7 nitrogen and oxygen atoms in total. The zero-order valence-corrected chi connectivity index (χ0v) is 13.4. The number of amides is 1. The van der Waals surface area contributed by atoms with Gasteiger partial charge in [-0.3, -0.25) is 19.6 Å². The highest BCUT2D eigenvalue weighted by Gasteiger charge is 2.33. The lowest BCUT2D eigenvalue weighted by Gasteiger charge is -2.41. The Morgan fingerprint density at radius 2 is 1.92 bits per heavy atom. The van der Waals surface area contributed by atoms with Gasteiger partial charge in [-0.2, -0.15) is 0 Å². The van der Waals surface area contributed by atoms with Crippen molar-refractivity contribution in [2.24, 2.45) is 11.8 Å². The van der Waals surface area contributed by atoms with E-state index >= 15 is 0 Å². The van der Waals surface area contributed by atoms with Crippen molar-refractivity contribution in [2.75, 3.05) is 13.1 Å². The third-order valence-electron chi connectivity index (χ3n) is 5.42. The predicted octanol–water partition coefficient (Wildman–Crippen LogP) is 1.26. The second kappa shape index (κ2) is 5.89. The van der Waals surface area contributed by atoms with E-state index in [0.717, 1.165) is 25.4 Å². The maximum atomic E-state index is 12.8. The molecule has 0 bridgehead atoms. The molecule has 0 radical (unpaired) electrons. The van der Waals surface area contributed by atoms with Crippen LogP contribution in [-0.4, -0.2) is 38.8 Å². The molecule has 2 aromatic rings. The van der Waals surface area contributed by atoms with E-state index in [1.807, 2.05) is 4.90 Å². The SMILES string of the molecule is O=C(c1cnc2[nH]c(=O)[nH]c(=O)c2c1)N1CC[C@@H]2CCCC[C@H]2C1. The first kappa shape index (κ1) is 15.1. The minimum Gasteiger partial charge on any atom is -0.338 e. The van der Waals surface area contributed by atoms with E-state index in [0.29, 0.717) is 11.5 Å². The summed E-state index contributed by atoms with van der Waals surface area (Å²) < 4.78 is 0. The third kappa shape index (κ3) is 2.64. The Bertz CT molecular complexity index is 901. The number of nitrogens with one attached hydrogen (secondary N) is 2. The van der Waals surface area contributed by atoms with Crippen LogP contribution in [0.2, 0.25) is 0 Å². The highest BCUT2D eigenvalue weighted by Crippen LogP contribution is 2.36. The molecule has 2 N–H and O–H groups in total. The van der Waals surface area contributed by atoms with Crippen LogP contribution in [0.5, 0.6) is 0 Å². The van der Waals surface area contributed by atoms with Gasteiger partial charge in [0.15, 0.2) is 0 Å². The lowest BCUT2D eigenvalue weighted by Crippen LogP contribution is -2.44. The molecule has 7 heteroatoms. The topological polar surface area (TPSA) is 98.9 Å². The summed E-state index contributed by atoms with van der Waals surface area (Å²) in [6, 6.07) is 1.52. The highest BCUT2D eigenvalue weighted by atomic mass is 16.2. The van der Waals surface area contributed by atoms with Crippen molar-refractivity contribution in [1.82, 2.24) is 19.9 Å². The number of carbonyl (C=O) groups excluding carboxylic acids is 1. The molecule has 1 saturated carbocycles. The fourth-order valence-electron chi connectivity index (χ4n) is 4.13. The molecular formula is C17H20N4O3. The first-order valence-electron chi connectivity index (χ1n) is 8.53. The molecule has 1 amide bonds. The van der Waals surface area contributed by atoms with Gasteiger partial charge in [-0.1, -0.05) is 19.3 Å². The minimum absolute atomic E-state index is 0.0842. The number of H-pyrrole nitrogens is 2. The van der Waals surface area contributed by atoms with E-state index in [-0.39, 0.29) is 16.9 Å². The summed E-state index contributed by atoms with van der Waals surface area (Å²) in [5.41, 5.74) is -0.527. The van der Waals surface area contributed by atoms with Gasteiger partial charge in [-0.25, -0.2) is 9.78 Å². The number of rotatable bonds is 1. The van der Waals surface area contributed by atoms with E-state index in [1.165, 1.54) is 37.9 Å². The number of hydrogen-bond donors (Lipinski definition) is 2. The van der Waals surface area contributed by atoms with Crippen LogP contribution < -0.4 is 11.2 Å². The molecule has 24 heavy (non-hydrogen) atoms. The van der Waals surface area contributed by atoms with E-state index < -0.39 is 11.2 Å². The smallest absolute Gasteiger partial charge is 0.327 e. The summed E-state index contributed by atoms with van der Waals surface area (Å²) >= 11 is 0. The van der Waals surface area contributed by atoms with Gasteiger partial charge in [-0.05, 0) is 30.7 Å². The van der Waals surface area contributed by atoms with Crippen LogP contribution >= 0.6 is 0 Å². The van der Waals surface area contributed by atoms with Crippen molar-refractivity contribution in [3.05, 3.63) is 38.7 Å². The van der Waals surface area contributed by atoms with Gasteiger partial charge in [0.2, 0.25) is 0 Å². The molecule has 2 aliphatic rings. The number of aromatic amines is 2. The number of carbonyl (C=O) groups is 1. The molecule has 2 aromatic heterocycles. The molecular weight excluding hydrogens is 308 g/mol. The van der Waals surface area contributed by atoms with Crippen LogP contribution in [0.1, 0.15) is 42.5 Å². The van der Waals surface area contributed by atoms with Crippen LogP contribution in [0.4, 0.5) is 0 Å². The molecule has 1 saturated heterocycles. The number of likely N-dealkylation sites (tertiary alicyclic amines) is 1. The van der Waals surface area contributed by atoms with Gasteiger partial charge in [0, 0.05) is 19.3 Å². The highest BCUT2D eigenvalue weighted by molar-refractivity contribution is 5.96. The Morgan fingerprint density at radius 3 is 2.75 bits per heavy atom. The summed E-state index contributed by atoms with van der Waals surface area (Å²) in [6.07, 6.45) is 7.55. The molecule has 4 rings (SSSR count). The Kier molecular flexibility index (Phi) is 3.70. The number of piperidine rings is 1. The fraction of sp³-hybridized carbons (Fsp3) is 0.529. The van der Waals surface area contributed by atoms with Gasteiger partial charge in [0.25, 0.3) is 11.5 Å². The predicted molar refractivity (Wildman–Crippen MR) is 89.0 cm³/mol. The Labute approximate surface area is 138 Å². The quantitative estimate of drug-likeness (QED) is 0.823. The average molecular weight is 328 g/mol. The summed E-state index contributed by atoms with van der Waals surface area (Å²) in [6.45, 7) is 1.56. The molecule has 126 valence electrons. The molecule has 0 unspecified atom stereocenters. The largest absolute Gasteiger partial charge is 0.338 e. The maximum absolute atomic E-state index is 12.8. The summed E-state index contributed by atoms with van der Waals surface area (Å²) in [7, 11) is 0. The standard InChI is InChI=1S/C17H20N4O3/c22-15-13-7-12(8-18-14(13)19-17(24)20-15)16(23)21-6-5-10-3-1-2-4-11(10)9-21/h7-8,10-11H,1-6,9H2,(H2,18,19,20,22,24)/t10-,11-/m0/s1. The zero-order chi connectivity index (χ0) is 16.7. The summed E-state index contributed by atoms with van der Waals surface area (Å²) in [4.78, 5) is 46.6. The average Bonchev–Trinajstić information content (AvgIpc) is 2.60. The molecule has 1 aliphatic carbocycles. The van der Waals surface area contributed by atoms with Gasteiger partial charge in [0.05, 0.1) is 10.9 Å². The zero-order valence-electron chi connectivity index (χ0n) is 13.4. The molecule has 3 heterocycles. The molecule has 2 fully saturated rings. The number of nitrogens with zero attached hydrogens (tertiary/aromatic N) is 2. The van der Waals surface area contributed by atoms with Crippen LogP contribution in [0, 0.1) is 11.8 Å². The monoisotopic (exact) mass is 328 g/mol. The number of pyridine rings is 1. The minimum atomic E-state index is -0.599. The maximum Gasteiger partial charge on any atom is 0.327 e. The Morgan fingerprint density at radius 1 is 1.12 bits per heavy atom. The van der Waals surface area contributed by atoms with Gasteiger partial charge in [-0.15, -0.1) is 0 Å². The number of aromatic nitrogens is 3. The second-order valence-corrected chi connectivity index (χ2v) is 6.87. The van der Waals surface area contributed by atoms with Crippen molar-refractivity contribution < 1.29 is 4.79 Å². The second-order valence-electron chi connectivity index (χ2n) is 6.87. The fourth-order valence-corrected chi connectivity index (χ4v) is 4.13. The van der Waals surface area contributed by atoms with E-state index in [9.17, 15) is 14.4 Å². The normalized spacial score (nSPS) is 23.9.